The molecule has 0 rings (SSSR count). The van der Waals surface area contributed by atoms with Gasteiger partial charge in [-0.25, -0.2) is 0 Å². The molecule has 0 aromatic heterocycles. The molecule has 56 valence electrons. The van der Waals surface area contributed by atoms with E-state index in [2.05, 4.69) is 0 Å². The second-order valence-electron chi connectivity index (χ2n) is 2.14. The molecule has 0 saturated heterocycles. The molecule has 0 spiro atoms. The van der Waals surface area contributed by atoms with Gasteiger partial charge in [-0.1, -0.05) is 13.8 Å². The van der Waals surface area contributed by atoms with E-state index in [1.807, 2.05) is 13.8 Å². The average molecular weight is 150 g/mol. The number of rotatable bonds is 4. The molecule has 0 aromatic carbocycles. The normalized spacial score (nSPS) is 11.9. The lowest BCUT2D eigenvalue weighted by Gasteiger charge is -2.10. The molecule has 9 heavy (non-hydrogen) atoms. The molecule has 1 N–H and O–H groups in total. The highest BCUT2D eigenvalue weighted by atomic mass is 31.2. The van der Waals surface area contributed by atoms with Crippen LogP contribution in [0, 0.1) is 0 Å². The van der Waals surface area contributed by atoms with Crippen molar-refractivity contribution in [3.63, 3.8) is 0 Å². The summed E-state index contributed by atoms with van der Waals surface area (Å²) in [5, 5.41) is 8.49. The molecule has 0 fully saturated rings. The van der Waals surface area contributed by atoms with Gasteiger partial charge in [-0.2, -0.15) is 0 Å². The van der Waals surface area contributed by atoms with Crippen LogP contribution in [0.2, 0.25) is 0 Å². The second-order valence-corrected chi connectivity index (χ2v) is 5.97. The number of aliphatic hydroxyl groups is 1. The number of aliphatic hydroxyl groups excluding tert-OH is 1. The van der Waals surface area contributed by atoms with Crippen molar-refractivity contribution in [1.29, 1.82) is 0 Å². The van der Waals surface area contributed by atoms with Gasteiger partial charge in [0.25, 0.3) is 0 Å². The van der Waals surface area contributed by atoms with Gasteiger partial charge in [-0.05, 0) is 12.3 Å². The summed E-state index contributed by atoms with van der Waals surface area (Å²) in [4.78, 5) is 0. The molecule has 0 aliphatic rings. The molecule has 0 aliphatic heterocycles. The van der Waals surface area contributed by atoms with Crippen LogP contribution in [0.4, 0.5) is 0 Å². The zero-order valence-corrected chi connectivity index (χ0v) is 7.03. The van der Waals surface area contributed by atoms with E-state index in [0.29, 0.717) is 6.16 Å². The van der Waals surface area contributed by atoms with Gasteiger partial charge in [0.15, 0.2) is 0 Å². The molecule has 0 heterocycles. The third-order valence-electron chi connectivity index (χ3n) is 1.66. The van der Waals surface area contributed by atoms with Crippen LogP contribution >= 0.6 is 7.14 Å². The predicted octanol–water partition coefficient (Wildman–Crippen LogP) is 1.38. The van der Waals surface area contributed by atoms with Gasteiger partial charge in [-0.15, -0.1) is 0 Å². The summed E-state index contributed by atoms with van der Waals surface area (Å²) in [6, 6.07) is 0. The Kier molecular flexibility index (Phi) is 4.16. The minimum atomic E-state index is -1.93. The van der Waals surface area contributed by atoms with E-state index in [9.17, 15) is 4.57 Å². The van der Waals surface area contributed by atoms with Crippen LogP contribution in [0.25, 0.3) is 0 Å². The lowest BCUT2D eigenvalue weighted by molar-refractivity contribution is 0.319. The van der Waals surface area contributed by atoms with E-state index in [1.54, 1.807) is 0 Å². The summed E-state index contributed by atoms with van der Waals surface area (Å²) < 4.78 is 11.4. The first-order valence-corrected chi connectivity index (χ1v) is 5.62. The summed E-state index contributed by atoms with van der Waals surface area (Å²) in [7, 11) is -1.93. The minimum absolute atomic E-state index is 0.0684. The van der Waals surface area contributed by atoms with Crippen LogP contribution in [-0.4, -0.2) is 30.2 Å². The van der Waals surface area contributed by atoms with E-state index in [4.69, 9.17) is 5.11 Å². The standard InChI is InChI=1S/C6H15O2P/c1-3-9(8,4-2)6-5-7/h7H,3-6H2,1-2H3. The molecule has 0 amide bonds. The minimum Gasteiger partial charge on any atom is -0.396 e. The summed E-state index contributed by atoms with van der Waals surface area (Å²) >= 11 is 0. The predicted molar refractivity (Wildman–Crippen MR) is 40.6 cm³/mol. The SMILES string of the molecule is CCP(=O)(CC)CCO. The molecule has 0 aliphatic carbocycles. The molecular formula is C6H15O2P. The van der Waals surface area contributed by atoms with E-state index >= 15 is 0 Å². The summed E-state index contributed by atoms with van der Waals surface area (Å²) in [6.07, 6.45) is 1.95. The van der Waals surface area contributed by atoms with Gasteiger partial charge in [0.2, 0.25) is 0 Å². The van der Waals surface area contributed by atoms with Crippen molar-refractivity contribution in [2.45, 2.75) is 13.8 Å². The summed E-state index contributed by atoms with van der Waals surface area (Å²) in [5.74, 6) is 0. The highest BCUT2D eigenvalue weighted by Crippen LogP contribution is 2.43. The highest BCUT2D eigenvalue weighted by Gasteiger charge is 2.14. The third-order valence-corrected chi connectivity index (χ3v) is 4.98. The quantitative estimate of drug-likeness (QED) is 0.615. The van der Waals surface area contributed by atoms with Gasteiger partial charge in [0, 0.05) is 12.8 Å². The fraction of sp³-hybridized carbons (Fsp3) is 1.00. The zero-order valence-electron chi connectivity index (χ0n) is 6.13. The molecular weight excluding hydrogens is 135 g/mol. The maximum Gasteiger partial charge on any atom is 0.0894 e. The molecule has 3 heteroatoms. The van der Waals surface area contributed by atoms with Crippen molar-refractivity contribution in [3.8, 4) is 0 Å². The molecule has 0 saturated carbocycles. The molecule has 0 unspecified atom stereocenters. The Morgan fingerprint density at radius 3 is 1.89 bits per heavy atom. The maximum atomic E-state index is 11.4. The van der Waals surface area contributed by atoms with Crippen molar-refractivity contribution in [3.05, 3.63) is 0 Å². The zero-order chi connectivity index (χ0) is 7.33. The smallest absolute Gasteiger partial charge is 0.0894 e. The molecule has 0 radical (unpaired) electrons. The Morgan fingerprint density at radius 1 is 1.33 bits per heavy atom. The Bertz CT molecular complexity index is 104. The van der Waals surface area contributed by atoms with Crippen LogP contribution in [0.1, 0.15) is 13.8 Å². The fourth-order valence-electron chi connectivity index (χ4n) is 0.722. The van der Waals surface area contributed by atoms with Crippen LogP contribution in [0.15, 0.2) is 0 Å². The molecule has 0 atom stereocenters. The first-order chi connectivity index (χ1) is 4.18. The monoisotopic (exact) mass is 150 g/mol. The van der Waals surface area contributed by atoms with Crippen molar-refractivity contribution >= 4 is 7.14 Å². The van der Waals surface area contributed by atoms with Gasteiger partial charge in [0.05, 0.1) is 7.14 Å². The van der Waals surface area contributed by atoms with Crippen LogP contribution in [-0.2, 0) is 4.57 Å². The molecule has 2 nitrogen and oxygen atoms in total. The first-order valence-electron chi connectivity index (χ1n) is 3.36. The van der Waals surface area contributed by atoms with Gasteiger partial charge >= 0.3 is 0 Å². The maximum absolute atomic E-state index is 11.4. The van der Waals surface area contributed by atoms with Crippen LogP contribution in [0.5, 0.6) is 0 Å². The van der Waals surface area contributed by atoms with Crippen molar-refractivity contribution < 1.29 is 9.67 Å². The van der Waals surface area contributed by atoms with Crippen LogP contribution in [0.3, 0.4) is 0 Å². The van der Waals surface area contributed by atoms with Crippen LogP contribution < -0.4 is 0 Å². The van der Waals surface area contributed by atoms with Gasteiger partial charge in [0.1, 0.15) is 0 Å². The second kappa shape index (κ2) is 4.08. The summed E-state index contributed by atoms with van der Waals surface area (Å²) in [6.45, 7) is 3.90. The largest absolute Gasteiger partial charge is 0.396 e. The van der Waals surface area contributed by atoms with Gasteiger partial charge < -0.3 is 9.67 Å². The summed E-state index contributed by atoms with van der Waals surface area (Å²) in [5.41, 5.74) is 0. The van der Waals surface area contributed by atoms with E-state index < -0.39 is 7.14 Å². The van der Waals surface area contributed by atoms with Crippen molar-refractivity contribution in [1.82, 2.24) is 0 Å². The number of hydrogen-bond acceptors (Lipinski definition) is 2. The Morgan fingerprint density at radius 2 is 1.78 bits per heavy atom. The first kappa shape index (κ1) is 9.19. The molecule has 0 aromatic rings. The van der Waals surface area contributed by atoms with Gasteiger partial charge in [-0.3, -0.25) is 0 Å². The van der Waals surface area contributed by atoms with E-state index in [-0.39, 0.29) is 6.61 Å². The topological polar surface area (TPSA) is 37.3 Å². The average Bonchev–Trinajstić information content (AvgIpc) is 1.89. The lowest BCUT2D eigenvalue weighted by Crippen LogP contribution is -1.99. The Labute approximate surface area is 56.6 Å². The highest BCUT2D eigenvalue weighted by molar-refractivity contribution is 7.63. The lowest BCUT2D eigenvalue weighted by atomic mass is 10.9. The third kappa shape index (κ3) is 3.02. The van der Waals surface area contributed by atoms with E-state index in [0.717, 1.165) is 12.3 Å². The van der Waals surface area contributed by atoms with Crippen molar-refractivity contribution in [2.75, 3.05) is 25.1 Å². The van der Waals surface area contributed by atoms with Crippen molar-refractivity contribution in [2.24, 2.45) is 0 Å². The fourth-order valence-corrected chi connectivity index (χ4v) is 2.17. The van der Waals surface area contributed by atoms with E-state index in [1.165, 1.54) is 0 Å². The molecule has 0 bridgehead atoms. The number of hydrogen-bond donors (Lipinski definition) is 1. The Balaban J connectivity index is 3.78. The Hall–Kier alpha value is 0.190.